The molecule has 0 fully saturated rings. The number of aromatic nitrogens is 1. The molecule has 8 nitrogen and oxygen atoms in total. The summed E-state index contributed by atoms with van der Waals surface area (Å²) in [6.45, 7) is 23.3. The van der Waals surface area contributed by atoms with E-state index in [1.807, 2.05) is 20.8 Å². The summed E-state index contributed by atoms with van der Waals surface area (Å²) in [5.41, 5.74) is 4.27. The van der Waals surface area contributed by atoms with Gasteiger partial charge in [-0.15, -0.1) is 0 Å². The van der Waals surface area contributed by atoms with Crippen LogP contribution in [0.2, 0.25) is 0 Å². The quantitative estimate of drug-likeness (QED) is 0.410. The van der Waals surface area contributed by atoms with Gasteiger partial charge in [-0.3, -0.25) is 14.6 Å². The second-order valence-electron chi connectivity index (χ2n) is 9.32. The monoisotopic (exact) mass is 474 g/mol. The first-order chi connectivity index (χ1) is 16.2. The molecule has 0 aliphatic carbocycles. The van der Waals surface area contributed by atoms with Crippen LogP contribution in [-0.4, -0.2) is 84.7 Å². The molecule has 0 saturated heterocycles. The fraction of sp³-hybridized carbons (Fsp3) is 0.731. The smallest absolute Gasteiger partial charge is 0.253 e. The third-order valence-electron chi connectivity index (χ3n) is 7.33. The summed E-state index contributed by atoms with van der Waals surface area (Å²) in [5.74, 6) is -0.250. The normalized spacial score (nSPS) is 20.2. The van der Waals surface area contributed by atoms with Crippen molar-refractivity contribution in [3.63, 3.8) is 0 Å². The maximum Gasteiger partial charge on any atom is 0.253 e. The Morgan fingerprint density at radius 3 is 1.97 bits per heavy atom. The van der Waals surface area contributed by atoms with Gasteiger partial charge in [0.25, 0.3) is 5.91 Å². The molecule has 0 radical (unpaired) electrons. The van der Waals surface area contributed by atoms with Crippen LogP contribution in [-0.2, 0) is 4.79 Å². The summed E-state index contributed by atoms with van der Waals surface area (Å²) in [4.78, 5) is 38.8. The molecule has 3 unspecified atom stereocenters. The van der Waals surface area contributed by atoms with E-state index in [4.69, 9.17) is 4.99 Å². The molecule has 0 aromatic carbocycles. The molecule has 2 heterocycles. The van der Waals surface area contributed by atoms with Gasteiger partial charge >= 0.3 is 0 Å². The number of aromatic amines is 1. The lowest BCUT2D eigenvalue weighted by atomic mass is 9.86. The van der Waals surface area contributed by atoms with Crippen LogP contribution < -0.4 is 10.6 Å². The minimum atomic E-state index is -0.254. The summed E-state index contributed by atoms with van der Waals surface area (Å²) >= 11 is 0. The van der Waals surface area contributed by atoms with Crippen molar-refractivity contribution in [1.82, 2.24) is 25.4 Å². The summed E-state index contributed by atoms with van der Waals surface area (Å²) in [6, 6.07) is -0.158. The van der Waals surface area contributed by atoms with Crippen molar-refractivity contribution >= 4 is 17.5 Å². The molecule has 3 N–H and O–H groups in total. The molecule has 0 bridgehead atoms. The van der Waals surface area contributed by atoms with E-state index < -0.39 is 0 Å². The molecule has 8 heteroatoms. The molecule has 0 spiro atoms. The number of likely N-dealkylation sites (N-methyl/N-ethyl adjacent to an activating group) is 2. The number of aryl methyl sites for hydroxylation is 1. The zero-order valence-electron chi connectivity index (χ0n) is 22.5. The van der Waals surface area contributed by atoms with Gasteiger partial charge in [0.1, 0.15) is 0 Å². The van der Waals surface area contributed by atoms with Crippen LogP contribution in [0, 0.1) is 25.7 Å². The van der Waals surface area contributed by atoms with E-state index in [-0.39, 0.29) is 29.7 Å². The van der Waals surface area contributed by atoms with Crippen LogP contribution in [0.25, 0.3) is 0 Å². The maximum absolute atomic E-state index is 13.0. The Hall–Kier alpha value is -2.19. The summed E-state index contributed by atoms with van der Waals surface area (Å²) < 4.78 is 0. The van der Waals surface area contributed by atoms with Gasteiger partial charge in [-0.25, -0.2) is 0 Å². The van der Waals surface area contributed by atoms with Gasteiger partial charge in [0, 0.05) is 49.2 Å². The predicted octanol–water partition coefficient (Wildman–Crippen LogP) is 2.93. The van der Waals surface area contributed by atoms with Gasteiger partial charge in [0.15, 0.2) is 0 Å². The van der Waals surface area contributed by atoms with Gasteiger partial charge in [0.05, 0.1) is 17.5 Å². The van der Waals surface area contributed by atoms with E-state index in [1.54, 1.807) is 0 Å². The number of H-pyrrole nitrogens is 1. The Bertz CT molecular complexity index is 854. The molecule has 0 saturated carbocycles. The first-order valence-electron chi connectivity index (χ1n) is 12.9. The lowest BCUT2D eigenvalue weighted by molar-refractivity contribution is -0.124. The molecule has 2 rings (SSSR count). The number of nitrogens with zero attached hydrogens (tertiary/aromatic N) is 3. The van der Waals surface area contributed by atoms with Crippen molar-refractivity contribution in [2.75, 3.05) is 52.4 Å². The van der Waals surface area contributed by atoms with E-state index in [9.17, 15) is 9.59 Å². The van der Waals surface area contributed by atoms with Crippen LogP contribution in [0.4, 0.5) is 0 Å². The minimum absolute atomic E-state index is 0.0174. The van der Waals surface area contributed by atoms with Crippen LogP contribution >= 0.6 is 0 Å². The molecule has 192 valence electrons. The van der Waals surface area contributed by atoms with E-state index in [1.165, 1.54) is 0 Å². The summed E-state index contributed by atoms with van der Waals surface area (Å²) in [5, 5.41) is 6.18. The van der Waals surface area contributed by atoms with Crippen LogP contribution in [0.3, 0.4) is 0 Å². The Kier molecular flexibility index (Phi) is 10.8. The van der Waals surface area contributed by atoms with Crippen molar-refractivity contribution in [3.05, 3.63) is 22.5 Å². The molecule has 1 aliphatic heterocycles. The molecular weight excluding hydrogens is 428 g/mol. The van der Waals surface area contributed by atoms with Crippen molar-refractivity contribution in [2.45, 2.75) is 61.4 Å². The van der Waals surface area contributed by atoms with E-state index in [0.717, 1.165) is 61.9 Å². The highest BCUT2D eigenvalue weighted by Crippen LogP contribution is 2.40. The summed E-state index contributed by atoms with van der Waals surface area (Å²) in [6.07, 6.45) is 0. The molecule has 1 aliphatic rings. The largest absolute Gasteiger partial charge is 0.360 e. The van der Waals surface area contributed by atoms with Crippen molar-refractivity contribution < 1.29 is 9.59 Å². The maximum atomic E-state index is 13.0. The number of amides is 2. The zero-order valence-corrected chi connectivity index (χ0v) is 22.5. The molecule has 2 amide bonds. The van der Waals surface area contributed by atoms with E-state index in [2.05, 4.69) is 60.0 Å². The SMILES string of the molecule is CCN(CC)CCNC(=O)c1c(C)[nH]c(C2N=C(C)C(C(=O)NCCN(CC)CC)C2C)c1C. The Balaban J connectivity index is 2.07. The minimum Gasteiger partial charge on any atom is -0.360 e. The summed E-state index contributed by atoms with van der Waals surface area (Å²) in [7, 11) is 0. The van der Waals surface area contributed by atoms with E-state index in [0.29, 0.717) is 18.7 Å². The fourth-order valence-electron chi connectivity index (χ4n) is 5.09. The standard InChI is InChI=1S/C26H46N6O2/c1-9-31(10-2)15-13-27-25(33)21-17(5)23(29-19(21)7)24-18(6)22(20(8)30-24)26(34)28-14-16-32(11-3)12-4/h17,21,23,30H,9-16H2,1-8H3,(H,27,33)(H,28,34). The Morgan fingerprint density at radius 2 is 1.44 bits per heavy atom. The van der Waals surface area contributed by atoms with Gasteiger partial charge in [-0.05, 0) is 52.5 Å². The van der Waals surface area contributed by atoms with Crippen LogP contribution in [0.15, 0.2) is 4.99 Å². The third kappa shape index (κ3) is 6.48. The second-order valence-corrected chi connectivity index (χ2v) is 9.32. The number of nitrogens with one attached hydrogen (secondary N) is 3. The zero-order chi connectivity index (χ0) is 25.4. The van der Waals surface area contributed by atoms with Gasteiger partial charge in [0.2, 0.25) is 5.91 Å². The van der Waals surface area contributed by atoms with Crippen LogP contribution in [0.1, 0.15) is 74.9 Å². The molecule has 1 aromatic rings. The predicted molar refractivity (Wildman–Crippen MR) is 140 cm³/mol. The fourth-order valence-corrected chi connectivity index (χ4v) is 5.09. The topological polar surface area (TPSA) is 92.8 Å². The van der Waals surface area contributed by atoms with E-state index >= 15 is 0 Å². The van der Waals surface area contributed by atoms with Gasteiger partial charge in [-0.2, -0.15) is 0 Å². The average Bonchev–Trinajstić information content (AvgIpc) is 3.27. The van der Waals surface area contributed by atoms with Crippen molar-refractivity contribution in [1.29, 1.82) is 0 Å². The molecule has 3 atom stereocenters. The van der Waals surface area contributed by atoms with Crippen LogP contribution in [0.5, 0.6) is 0 Å². The van der Waals surface area contributed by atoms with Crippen molar-refractivity contribution in [2.24, 2.45) is 16.8 Å². The molecule has 1 aromatic heterocycles. The first kappa shape index (κ1) is 28.1. The first-order valence-corrected chi connectivity index (χ1v) is 12.9. The Labute approximate surface area is 206 Å². The second kappa shape index (κ2) is 13.0. The highest BCUT2D eigenvalue weighted by Gasteiger charge is 2.41. The number of carbonyl (C=O) groups excluding carboxylic acids is 2. The highest BCUT2D eigenvalue weighted by atomic mass is 16.2. The van der Waals surface area contributed by atoms with Gasteiger partial charge in [-0.1, -0.05) is 34.6 Å². The number of carbonyl (C=O) groups is 2. The molecular formula is C26H46N6O2. The highest BCUT2D eigenvalue weighted by molar-refractivity contribution is 6.05. The number of aliphatic imine (C=N–C) groups is 1. The number of hydrogen-bond donors (Lipinski definition) is 3. The lowest BCUT2D eigenvalue weighted by Gasteiger charge is -2.22. The lowest BCUT2D eigenvalue weighted by Crippen LogP contribution is -2.40. The molecule has 34 heavy (non-hydrogen) atoms. The third-order valence-corrected chi connectivity index (χ3v) is 7.33. The number of hydrogen-bond acceptors (Lipinski definition) is 5. The Morgan fingerprint density at radius 1 is 0.912 bits per heavy atom. The van der Waals surface area contributed by atoms with Gasteiger partial charge < -0.3 is 25.4 Å². The average molecular weight is 475 g/mol. The van der Waals surface area contributed by atoms with Crippen molar-refractivity contribution in [3.8, 4) is 0 Å². The number of rotatable bonds is 13.